The predicted molar refractivity (Wildman–Crippen MR) is 74.6 cm³/mol. The van der Waals surface area contributed by atoms with Crippen molar-refractivity contribution in [3.63, 3.8) is 0 Å². The van der Waals surface area contributed by atoms with Gasteiger partial charge in [-0.3, -0.25) is 0 Å². The molecular weight excluding hydrogens is 286 g/mol. The SMILES string of the molecule is O=S(=O)(c1ccc(-c2ccsc2)s1)n1cccc1. The molecule has 6 heteroatoms. The second-order valence-corrected chi connectivity index (χ2v) is 7.58. The Morgan fingerprint density at radius 3 is 2.50 bits per heavy atom. The molecule has 0 saturated carbocycles. The van der Waals surface area contributed by atoms with Crippen LogP contribution in [0.2, 0.25) is 0 Å². The van der Waals surface area contributed by atoms with Gasteiger partial charge in [0.05, 0.1) is 0 Å². The first kappa shape index (κ1) is 11.7. The number of aromatic nitrogens is 1. The molecule has 0 fully saturated rings. The first-order chi connectivity index (χ1) is 8.68. The summed E-state index contributed by atoms with van der Waals surface area (Å²) in [5.41, 5.74) is 1.07. The van der Waals surface area contributed by atoms with Crippen LogP contribution in [0.15, 0.2) is 57.7 Å². The Hall–Kier alpha value is -1.37. The summed E-state index contributed by atoms with van der Waals surface area (Å²) in [6.45, 7) is 0. The van der Waals surface area contributed by atoms with Gasteiger partial charge in [0.15, 0.2) is 0 Å². The standard InChI is InChI=1S/C12H9NO2S3/c14-18(15,13-6-1-2-7-13)12-4-3-11(17-12)10-5-8-16-9-10/h1-9H. The fourth-order valence-corrected chi connectivity index (χ4v) is 4.92. The minimum absolute atomic E-state index is 0.361. The van der Waals surface area contributed by atoms with Crippen molar-refractivity contribution in [1.82, 2.24) is 3.97 Å². The van der Waals surface area contributed by atoms with Gasteiger partial charge in [-0.15, -0.1) is 11.3 Å². The molecule has 0 N–H and O–H groups in total. The van der Waals surface area contributed by atoms with E-state index in [-0.39, 0.29) is 0 Å². The molecule has 3 aromatic heterocycles. The molecule has 18 heavy (non-hydrogen) atoms. The third-order valence-corrected chi connectivity index (χ3v) is 6.43. The summed E-state index contributed by atoms with van der Waals surface area (Å²) in [6.07, 6.45) is 3.08. The molecule has 0 aliphatic heterocycles. The van der Waals surface area contributed by atoms with Gasteiger partial charge in [0.1, 0.15) is 4.21 Å². The van der Waals surface area contributed by atoms with Crippen LogP contribution in [-0.4, -0.2) is 12.4 Å². The van der Waals surface area contributed by atoms with Crippen LogP contribution in [0.1, 0.15) is 0 Å². The second kappa shape index (κ2) is 4.38. The summed E-state index contributed by atoms with van der Waals surface area (Å²) in [5.74, 6) is 0. The van der Waals surface area contributed by atoms with Crippen LogP contribution in [0.3, 0.4) is 0 Å². The van der Waals surface area contributed by atoms with Crippen molar-refractivity contribution in [2.75, 3.05) is 0 Å². The van der Waals surface area contributed by atoms with Crippen LogP contribution in [-0.2, 0) is 10.0 Å². The van der Waals surface area contributed by atoms with E-state index in [1.165, 1.54) is 15.3 Å². The van der Waals surface area contributed by atoms with E-state index in [0.29, 0.717) is 4.21 Å². The molecule has 0 unspecified atom stereocenters. The van der Waals surface area contributed by atoms with E-state index in [1.54, 1.807) is 41.9 Å². The highest BCUT2D eigenvalue weighted by Gasteiger charge is 2.18. The van der Waals surface area contributed by atoms with Gasteiger partial charge in [0.25, 0.3) is 10.0 Å². The first-order valence-electron chi connectivity index (χ1n) is 5.19. The topological polar surface area (TPSA) is 39.1 Å². The number of hydrogen-bond donors (Lipinski definition) is 0. The first-order valence-corrected chi connectivity index (χ1v) is 8.39. The maximum atomic E-state index is 12.3. The van der Waals surface area contributed by atoms with Crippen molar-refractivity contribution in [3.8, 4) is 10.4 Å². The van der Waals surface area contributed by atoms with Crippen molar-refractivity contribution in [3.05, 3.63) is 53.5 Å². The fraction of sp³-hybridized carbons (Fsp3) is 0. The zero-order valence-corrected chi connectivity index (χ0v) is 11.6. The summed E-state index contributed by atoms with van der Waals surface area (Å²) >= 11 is 2.89. The van der Waals surface area contributed by atoms with Crippen molar-refractivity contribution in [1.29, 1.82) is 0 Å². The predicted octanol–water partition coefficient (Wildman–Crippen LogP) is 3.52. The van der Waals surface area contributed by atoms with E-state index >= 15 is 0 Å². The Balaban J connectivity index is 2.05. The van der Waals surface area contributed by atoms with Gasteiger partial charge in [-0.2, -0.15) is 19.8 Å². The Morgan fingerprint density at radius 1 is 1.06 bits per heavy atom. The van der Waals surface area contributed by atoms with Crippen LogP contribution < -0.4 is 0 Å². The molecule has 0 saturated heterocycles. The van der Waals surface area contributed by atoms with Crippen molar-refractivity contribution < 1.29 is 8.42 Å². The highest BCUT2D eigenvalue weighted by Crippen LogP contribution is 2.32. The summed E-state index contributed by atoms with van der Waals surface area (Å²) < 4.78 is 26.1. The average Bonchev–Trinajstić information content (AvgIpc) is 3.12. The normalized spacial score (nSPS) is 11.8. The number of hydrogen-bond acceptors (Lipinski definition) is 4. The molecule has 0 spiro atoms. The molecule has 0 aliphatic carbocycles. The van der Waals surface area contributed by atoms with Crippen LogP contribution in [0.5, 0.6) is 0 Å². The van der Waals surface area contributed by atoms with Crippen molar-refractivity contribution in [2.24, 2.45) is 0 Å². The van der Waals surface area contributed by atoms with E-state index < -0.39 is 10.0 Å². The fourth-order valence-electron chi connectivity index (χ4n) is 1.60. The van der Waals surface area contributed by atoms with Gasteiger partial charge >= 0.3 is 0 Å². The Bertz CT molecular complexity index is 737. The molecule has 3 nitrogen and oxygen atoms in total. The monoisotopic (exact) mass is 295 g/mol. The van der Waals surface area contributed by atoms with E-state index in [9.17, 15) is 8.42 Å². The van der Waals surface area contributed by atoms with Gasteiger partial charge in [0.2, 0.25) is 0 Å². The Kier molecular flexibility index (Phi) is 2.85. The lowest BCUT2D eigenvalue weighted by Gasteiger charge is -2.01. The van der Waals surface area contributed by atoms with Crippen LogP contribution >= 0.6 is 22.7 Å². The van der Waals surface area contributed by atoms with Gasteiger partial charge in [0, 0.05) is 22.8 Å². The Labute approximate surface area is 113 Å². The molecule has 0 amide bonds. The third-order valence-electron chi connectivity index (χ3n) is 2.50. The minimum atomic E-state index is -3.43. The summed E-state index contributed by atoms with van der Waals surface area (Å²) in [5, 5.41) is 3.99. The summed E-state index contributed by atoms with van der Waals surface area (Å²) in [6, 6.07) is 8.90. The highest BCUT2D eigenvalue weighted by molar-refractivity contribution is 7.92. The lowest BCUT2D eigenvalue weighted by molar-refractivity contribution is 0.589. The van der Waals surface area contributed by atoms with Crippen molar-refractivity contribution >= 4 is 32.7 Å². The van der Waals surface area contributed by atoms with E-state index in [1.807, 2.05) is 22.9 Å². The lowest BCUT2D eigenvalue weighted by Crippen LogP contribution is -2.08. The molecule has 0 radical (unpaired) electrons. The molecule has 0 aliphatic rings. The van der Waals surface area contributed by atoms with Gasteiger partial charge in [-0.25, -0.2) is 3.97 Å². The van der Waals surface area contributed by atoms with Gasteiger partial charge < -0.3 is 0 Å². The number of nitrogens with zero attached hydrogens (tertiary/aromatic N) is 1. The molecule has 3 heterocycles. The van der Waals surface area contributed by atoms with Crippen LogP contribution in [0, 0.1) is 0 Å². The average molecular weight is 295 g/mol. The van der Waals surface area contributed by atoms with E-state index in [2.05, 4.69) is 0 Å². The Morgan fingerprint density at radius 2 is 1.83 bits per heavy atom. The number of thiophene rings is 2. The maximum absolute atomic E-state index is 12.3. The van der Waals surface area contributed by atoms with Crippen LogP contribution in [0.25, 0.3) is 10.4 Å². The van der Waals surface area contributed by atoms with Gasteiger partial charge in [-0.1, -0.05) is 0 Å². The van der Waals surface area contributed by atoms with E-state index in [0.717, 1.165) is 10.4 Å². The summed E-state index contributed by atoms with van der Waals surface area (Å²) in [7, 11) is -3.43. The summed E-state index contributed by atoms with van der Waals surface area (Å²) in [4.78, 5) is 0.974. The smallest absolute Gasteiger partial charge is 0.248 e. The van der Waals surface area contributed by atoms with E-state index in [4.69, 9.17) is 0 Å². The molecule has 92 valence electrons. The zero-order valence-electron chi connectivity index (χ0n) is 9.18. The largest absolute Gasteiger partial charge is 0.277 e. The quantitative estimate of drug-likeness (QED) is 0.741. The molecule has 0 bridgehead atoms. The highest BCUT2D eigenvalue weighted by atomic mass is 32.2. The lowest BCUT2D eigenvalue weighted by atomic mass is 10.3. The molecular formula is C12H9NO2S3. The zero-order chi connectivity index (χ0) is 12.6. The van der Waals surface area contributed by atoms with Crippen molar-refractivity contribution in [2.45, 2.75) is 4.21 Å². The third kappa shape index (κ3) is 1.92. The van der Waals surface area contributed by atoms with Crippen LogP contribution in [0.4, 0.5) is 0 Å². The van der Waals surface area contributed by atoms with Gasteiger partial charge in [-0.05, 0) is 41.1 Å². The molecule has 0 atom stereocenters. The molecule has 3 rings (SSSR count). The minimum Gasteiger partial charge on any atom is -0.248 e. The molecule has 3 aromatic rings. The number of rotatable bonds is 3. The molecule has 0 aromatic carbocycles. The second-order valence-electron chi connectivity index (χ2n) is 3.65. The maximum Gasteiger partial charge on any atom is 0.277 e.